The molecule has 94 valence electrons. The molecule has 0 aromatic carbocycles. The van der Waals surface area contributed by atoms with Crippen molar-refractivity contribution in [3.05, 3.63) is 0 Å². The number of hydrogen-bond acceptors (Lipinski definition) is 2. The van der Waals surface area contributed by atoms with Gasteiger partial charge in [-0.1, -0.05) is 0 Å². The monoisotopic (exact) mass is 236 g/mol. The van der Waals surface area contributed by atoms with Crippen LogP contribution in [0.1, 0.15) is 26.7 Å². The van der Waals surface area contributed by atoms with Crippen LogP contribution >= 0.6 is 0 Å². The van der Waals surface area contributed by atoms with Gasteiger partial charge in [0.25, 0.3) is 0 Å². The maximum Gasteiger partial charge on any atom is 0.401 e. The van der Waals surface area contributed by atoms with E-state index in [9.17, 15) is 13.2 Å². The van der Waals surface area contributed by atoms with Gasteiger partial charge in [-0.25, -0.2) is 0 Å². The van der Waals surface area contributed by atoms with Crippen molar-refractivity contribution >= 4 is 0 Å². The molecule has 5 heteroatoms. The van der Waals surface area contributed by atoms with E-state index in [-0.39, 0.29) is 11.6 Å². The van der Waals surface area contributed by atoms with Crippen LogP contribution in [0, 0.1) is 5.92 Å². The molecule has 0 aromatic rings. The molecule has 1 aliphatic carbocycles. The number of piperazine rings is 1. The molecule has 2 aliphatic rings. The van der Waals surface area contributed by atoms with Crippen LogP contribution in [0.3, 0.4) is 0 Å². The number of rotatable bonds is 2. The smallest absolute Gasteiger partial charge is 0.309 e. The van der Waals surface area contributed by atoms with Crippen molar-refractivity contribution in [1.82, 2.24) is 10.2 Å². The maximum absolute atomic E-state index is 12.5. The average Bonchev–Trinajstić information content (AvgIpc) is 2.82. The van der Waals surface area contributed by atoms with E-state index in [2.05, 4.69) is 5.32 Å². The Balaban J connectivity index is 2.02. The zero-order valence-corrected chi connectivity index (χ0v) is 9.77. The van der Waals surface area contributed by atoms with Crippen molar-refractivity contribution in [3.8, 4) is 0 Å². The van der Waals surface area contributed by atoms with Gasteiger partial charge in [0.1, 0.15) is 0 Å². The van der Waals surface area contributed by atoms with Crippen molar-refractivity contribution in [2.24, 2.45) is 5.92 Å². The normalized spacial score (nSPS) is 31.7. The van der Waals surface area contributed by atoms with Crippen LogP contribution in [0.4, 0.5) is 13.2 Å². The standard InChI is InChI=1S/C11H19F3N2/c1-10(2)6-16(7-11(12,13)14)9(5-15-10)8-3-4-8/h8-9,15H,3-7H2,1-2H3. The molecule has 0 bridgehead atoms. The Kier molecular flexibility index (Phi) is 2.95. The second-order valence-electron chi connectivity index (χ2n) is 5.69. The Labute approximate surface area is 94.2 Å². The van der Waals surface area contributed by atoms with Gasteiger partial charge in [-0.3, -0.25) is 4.90 Å². The van der Waals surface area contributed by atoms with Gasteiger partial charge in [0, 0.05) is 24.7 Å². The Bertz CT molecular complexity index is 256. The number of nitrogens with one attached hydrogen (secondary N) is 1. The summed E-state index contributed by atoms with van der Waals surface area (Å²) in [6.45, 7) is 4.32. The first-order chi connectivity index (χ1) is 7.27. The predicted octanol–water partition coefficient (Wildman–Crippen LogP) is 2.01. The SMILES string of the molecule is CC1(C)CN(CC(F)(F)F)C(C2CC2)CN1. The summed E-state index contributed by atoms with van der Waals surface area (Å²) in [5.74, 6) is 0.478. The molecule has 1 atom stereocenters. The summed E-state index contributed by atoms with van der Waals surface area (Å²) in [6.07, 6.45) is -1.91. The van der Waals surface area contributed by atoms with Crippen LogP contribution < -0.4 is 5.32 Å². The largest absolute Gasteiger partial charge is 0.401 e. The van der Waals surface area contributed by atoms with Gasteiger partial charge in [0.2, 0.25) is 0 Å². The van der Waals surface area contributed by atoms with Gasteiger partial charge in [-0.05, 0) is 32.6 Å². The molecule has 1 aliphatic heterocycles. The molecule has 1 saturated carbocycles. The van der Waals surface area contributed by atoms with Gasteiger partial charge in [0.15, 0.2) is 0 Å². The summed E-state index contributed by atoms with van der Waals surface area (Å²) in [7, 11) is 0. The Hall–Kier alpha value is -0.290. The lowest BCUT2D eigenvalue weighted by atomic mass is 9.96. The van der Waals surface area contributed by atoms with E-state index >= 15 is 0 Å². The first-order valence-electron chi connectivity index (χ1n) is 5.83. The Morgan fingerprint density at radius 2 is 1.94 bits per heavy atom. The van der Waals surface area contributed by atoms with Crippen molar-refractivity contribution in [3.63, 3.8) is 0 Å². The van der Waals surface area contributed by atoms with Gasteiger partial charge < -0.3 is 5.32 Å². The van der Waals surface area contributed by atoms with Crippen LogP contribution in [0.25, 0.3) is 0 Å². The van der Waals surface area contributed by atoms with E-state index in [1.54, 1.807) is 4.90 Å². The fourth-order valence-corrected chi connectivity index (χ4v) is 2.54. The van der Waals surface area contributed by atoms with Crippen LogP contribution in [0.15, 0.2) is 0 Å². The van der Waals surface area contributed by atoms with Crippen molar-refractivity contribution in [1.29, 1.82) is 0 Å². The zero-order valence-electron chi connectivity index (χ0n) is 9.77. The zero-order chi connectivity index (χ0) is 12.0. The summed E-state index contributed by atoms with van der Waals surface area (Å²) < 4.78 is 37.5. The van der Waals surface area contributed by atoms with Crippen LogP contribution in [0.2, 0.25) is 0 Å². The fourth-order valence-electron chi connectivity index (χ4n) is 2.54. The summed E-state index contributed by atoms with van der Waals surface area (Å²) in [5, 5.41) is 3.34. The van der Waals surface area contributed by atoms with Crippen molar-refractivity contribution in [2.75, 3.05) is 19.6 Å². The highest BCUT2D eigenvalue weighted by molar-refractivity contribution is 4.98. The van der Waals surface area contributed by atoms with E-state index in [0.29, 0.717) is 19.0 Å². The minimum atomic E-state index is -4.08. The quantitative estimate of drug-likeness (QED) is 0.789. The second-order valence-corrected chi connectivity index (χ2v) is 5.69. The molecule has 2 rings (SSSR count). The summed E-state index contributed by atoms with van der Waals surface area (Å²) in [4.78, 5) is 1.62. The van der Waals surface area contributed by atoms with Crippen molar-refractivity contribution in [2.45, 2.75) is 44.4 Å². The molecule has 1 unspecified atom stereocenters. The molecule has 16 heavy (non-hydrogen) atoms. The lowest BCUT2D eigenvalue weighted by Gasteiger charge is -2.45. The molecule has 0 radical (unpaired) electrons. The summed E-state index contributed by atoms with van der Waals surface area (Å²) in [5.41, 5.74) is -0.212. The van der Waals surface area contributed by atoms with E-state index < -0.39 is 12.7 Å². The molecular weight excluding hydrogens is 217 g/mol. The van der Waals surface area contributed by atoms with Crippen molar-refractivity contribution < 1.29 is 13.2 Å². The predicted molar refractivity (Wildman–Crippen MR) is 56.2 cm³/mol. The van der Waals surface area contributed by atoms with E-state index in [1.165, 1.54) is 0 Å². The number of halogens is 3. The number of nitrogens with zero attached hydrogens (tertiary/aromatic N) is 1. The van der Waals surface area contributed by atoms with E-state index in [0.717, 1.165) is 12.8 Å². The highest BCUT2D eigenvalue weighted by Gasteiger charge is 2.44. The molecule has 1 heterocycles. The molecule has 1 saturated heterocycles. The molecule has 2 nitrogen and oxygen atoms in total. The fraction of sp³-hybridized carbons (Fsp3) is 1.00. The highest BCUT2D eigenvalue weighted by Crippen LogP contribution is 2.38. The van der Waals surface area contributed by atoms with E-state index in [4.69, 9.17) is 0 Å². The molecular formula is C11H19F3N2. The number of alkyl halides is 3. The number of hydrogen-bond donors (Lipinski definition) is 1. The van der Waals surface area contributed by atoms with Gasteiger partial charge in [-0.15, -0.1) is 0 Å². The average molecular weight is 236 g/mol. The molecule has 2 fully saturated rings. The Morgan fingerprint density at radius 1 is 1.31 bits per heavy atom. The minimum Gasteiger partial charge on any atom is -0.309 e. The topological polar surface area (TPSA) is 15.3 Å². The lowest BCUT2D eigenvalue weighted by molar-refractivity contribution is -0.157. The van der Waals surface area contributed by atoms with Crippen LogP contribution in [-0.4, -0.2) is 42.3 Å². The molecule has 0 aromatic heterocycles. The Morgan fingerprint density at radius 3 is 2.44 bits per heavy atom. The first-order valence-corrected chi connectivity index (χ1v) is 5.83. The van der Waals surface area contributed by atoms with Gasteiger partial charge >= 0.3 is 6.18 Å². The van der Waals surface area contributed by atoms with Crippen LogP contribution in [-0.2, 0) is 0 Å². The van der Waals surface area contributed by atoms with Gasteiger partial charge in [0.05, 0.1) is 6.54 Å². The highest BCUT2D eigenvalue weighted by atomic mass is 19.4. The molecule has 0 spiro atoms. The van der Waals surface area contributed by atoms with Gasteiger partial charge in [-0.2, -0.15) is 13.2 Å². The third kappa shape index (κ3) is 3.10. The van der Waals surface area contributed by atoms with E-state index in [1.807, 2.05) is 13.8 Å². The first kappa shape index (κ1) is 12.2. The molecule has 1 N–H and O–H groups in total. The molecule has 0 amide bonds. The lowest BCUT2D eigenvalue weighted by Crippen LogP contribution is -2.63. The van der Waals surface area contributed by atoms with Crippen LogP contribution in [0.5, 0.6) is 0 Å². The summed E-state index contributed by atoms with van der Waals surface area (Å²) >= 11 is 0. The third-order valence-electron chi connectivity index (χ3n) is 3.41. The summed E-state index contributed by atoms with van der Waals surface area (Å²) in [6, 6.07) is 0.0784. The maximum atomic E-state index is 12.5. The minimum absolute atomic E-state index is 0.0784. The second kappa shape index (κ2) is 3.88. The third-order valence-corrected chi connectivity index (χ3v) is 3.41.